The zero-order valence-electron chi connectivity index (χ0n) is 10.5. The van der Waals surface area contributed by atoms with Crippen molar-refractivity contribution in [3.05, 3.63) is 11.2 Å². The third-order valence-electron chi connectivity index (χ3n) is 1.55. The van der Waals surface area contributed by atoms with Crippen molar-refractivity contribution >= 4 is 27.8 Å². The largest absolute Gasteiger partial charge is 0.481 e. The van der Waals surface area contributed by atoms with E-state index >= 15 is 0 Å². The highest BCUT2D eigenvalue weighted by molar-refractivity contribution is 7.90. The summed E-state index contributed by atoms with van der Waals surface area (Å²) in [6, 6.07) is 1.37. The van der Waals surface area contributed by atoms with Crippen LogP contribution in [0.5, 0.6) is 5.88 Å². The highest BCUT2D eigenvalue weighted by atomic mass is 35.5. The Hall–Kier alpha value is -1.12. The van der Waals surface area contributed by atoms with Crippen LogP contribution in [0.2, 0.25) is 5.15 Å². The second kappa shape index (κ2) is 5.25. The average Bonchev–Trinajstić information content (AvgIpc) is 2.11. The van der Waals surface area contributed by atoms with E-state index in [2.05, 4.69) is 19.4 Å². The molecule has 0 aromatic carbocycles. The van der Waals surface area contributed by atoms with Crippen molar-refractivity contribution in [3.8, 4) is 5.88 Å². The molecule has 0 fully saturated rings. The van der Waals surface area contributed by atoms with Crippen LogP contribution in [0.4, 0.5) is 5.95 Å². The Bertz CT molecular complexity index is 527. The van der Waals surface area contributed by atoms with Gasteiger partial charge in [-0.3, -0.25) is 0 Å². The van der Waals surface area contributed by atoms with E-state index in [1.807, 2.05) is 0 Å². The Labute approximate surface area is 111 Å². The molecule has 1 heterocycles. The maximum absolute atomic E-state index is 11.7. The molecule has 0 saturated heterocycles. The lowest BCUT2D eigenvalue weighted by Gasteiger charge is -2.20. The van der Waals surface area contributed by atoms with E-state index in [4.69, 9.17) is 16.3 Å². The van der Waals surface area contributed by atoms with E-state index in [0.717, 1.165) is 0 Å². The quantitative estimate of drug-likeness (QED) is 0.814. The molecule has 1 rings (SSSR count). The Morgan fingerprint density at radius 2 is 1.94 bits per heavy atom. The van der Waals surface area contributed by atoms with Gasteiger partial charge in [-0.25, -0.2) is 9.71 Å². The molecule has 0 unspecified atom stereocenters. The fourth-order valence-electron chi connectivity index (χ4n) is 1.10. The summed E-state index contributed by atoms with van der Waals surface area (Å²) < 4.78 is 32.9. The van der Waals surface area contributed by atoms with Gasteiger partial charge in [-0.15, -0.1) is 0 Å². The van der Waals surface area contributed by atoms with Crippen LogP contribution in [0.3, 0.4) is 0 Å². The van der Waals surface area contributed by atoms with Gasteiger partial charge in [-0.2, -0.15) is 18.1 Å². The number of aromatic nitrogens is 2. The van der Waals surface area contributed by atoms with E-state index in [9.17, 15) is 8.42 Å². The van der Waals surface area contributed by atoms with E-state index in [1.165, 1.54) is 13.2 Å². The van der Waals surface area contributed by atoms with Gasteiger partial charge in [0.1, 0.15) is 5.15 Å². The van der Waals surface area contributed by atoms with Crippen molar-refractivity contribution < 1.29 is 13.2 Å². The van der Waals surface area contributed by atoms with Crippen molar-refractivity contribution in [3.63, 3.8) is 0 Å². The molecule has 2 N–H and O–H groups in total. The molecule has 9 heteroatoms. The lowest BCUT2D eigenvalue weighted by atomic mass is 10.1. The Morgan fingerprint density at radius 3 is 2.44 bits per heavy atom. The summed E-state index contributed by atoms with van der Waals surface area (Å²) in [6.07, 6.45) is 0. The van der Waals surface area contributed by atoms with Crippen molar-refractivity contribution in [2.75, 3.05) is 11.8 Å². The summed E-state index contributed by atoms with van der Waals surface area (Å²) >= 11 is 5.70. The first-order chi connectivity index (χ1) is 8.11. The zero-order chi connectivity index (χ0) is 14.0. The Morgan fingerprint density at radius 1 is 1.33 bits per heavy atom. The minimum atomic E-state index is -3.77. The second-order valence-corrected chi connectivity index (χ2v) is 6.32. The van der Waals surface area contributed by atoms with Crippen LogP contribution in [-0.4, -0.2) is 31.0 Å². The molecular formula is C9H15ClN4O3S. The first-order valence-electron chi connectivity index (χ1n) is 5.01. The van der Waals surface area contributed by atoms with Gasteiger partial charge in [-0.1, -0.05) is 11.6 Å². The standard InChI is InChI=1S/C9H15ClN4O3S/c1-9(2,3)14-18(15,16)13-8-11-6(10)5-7(12-8)17-4/h5,14H,1-4H3,(H,11,12,13). The van der Waals surface area contributed by atoms with Crippen molar-refractivity contribution in [2.45, 2.75) is 26.3 Å². The maximum Gasteiger partial charge on any atom is 0.301 e. The molecule has 0 spiro atoms. The fourth-order valence-corrected chi connectivity index (χ4v) is 2.46. The molecule has 102 valence electrons. The predicted molar refractivity (Wildman–Crippen MR) is 69.0 cm³/mol. The Balaban J connectivity index is 2.94. The molecule has 0 amide bonds. The highest BCUT2D eigenvalue weighted by Crippen LogP contribution is 2.16. The minimum Gasteiger partial charge on any atom is -0.481 e. The lowest BCUT2D eigenvalue weighted by Crippen LogP contribution is -2.43. The molecule has 0 aliphatic heterocycles. The fraction of sp³-hybridized carbons (Fsp3) is 0.556. The summed E-state index contributed by atoms with van der Waals surface area (Å²) in [5.41, 5.74) is -0.617. The van der Waals surface area contributed by atoms with Crippen molar-refractivity contribution in [1.29, 1.82) is 0 Å². The van der Waals surface area contributed by atoms with Crippen molar-refractivity contribution in [1.82, 2.24) is 14.7 Å². The van der Waals surface area contributed by atoms with Gasteiger partial charge in [0, 0.05) is 11.6 Å². The van der Waals surface area contributed by atoms with E-state index in [-0.39, 0.29) is 17.0 Å². The molecule has 1 aromatic rings. The SMILES string of the molecule is COc1cc(Cl)nc(NS(=O)(=O)NC(C)(C)C)n1. The molecule has 0 saturated carbocycles. The molecule has 0 aliphatic rings. The summed E-state index contributed by atoms with van der Waals surface area (Å²) in [4.78, 5) is 7.56. The topological polar surface area (TPSA) is 93.2 Å². The van der Waals surface area contributed by atoms with Gasteiger partial charge in [0.25, 0.3) is 0 Å². The molecule has 7 nitrogen and oxygen atoms in total. The maximum atomic E-state index is 11.7. The molecule has 0 bridgehead atoms. The van der Waals surface area contributed by atoms with E-state index in [0.29, 0.717) is 0 Å². The van der Waals surface area contributed by atoms with Crippen LogP contribution < -0.4 is 14.2 Å². The normalized spacial score (nSPS) is 12.3. The van der Waals surface area contributed by atoms with Crippen LogP contribution in [0.1, 0.15) is 20.8 Å². The highest BCUT2D eigenvalue weighted by Gasteiger charge is 2.21. The number of rotatable bonds is 4. The average molecular weight is 295 g/mol. The number of hydrogen-bond donors (Lipinski definition) is 2. The summed E-state index contributed by atoms with van der Waals surface area (Å²) in [5, 5.41) is 0.0790. The first-order valence-corrected chi connectivity index (χ1v) is 6.88. The number of anilines is 1. The molecule has 0 radical (unpaired) electrons. The van der Waals surface area contributed by atoms with E-state index < -0.39 is 15.7 Å². The van der Waals surface area contributed by atoms with E-state index in [1.54, 1.807) is 20.8 Å². The summed E-state index contributed by atoms with van der Waals surface area (Å²) in [6.45, 7) is 5.14. The van der Waals surface area contributed by atoms with Gasteiger partial charge in [0.15, 0.2) is 0 Å². The second-order valence-electron chi connectivity index (χ2n) is 4.51. The smallest absolute Gasteiger partial charge is 0.301 e. The monoisotopic (exact) mass is 294 g/mol. The van der Waals surface area contributed by atoms with Crippen LogP contribution >= 0.6 is 11.6 Å². The van der Waals surface area contributed by atoms with Crippen LogP contribution in [-0.2, 0) is 10.2 Å². The van der Waals surface area contributed by atoms with Gasteiger partial charge in [0.05, 0.1) is 7.11 Å². The molecule has 0 aliphatic carbocycles. The van der Waals surface area contributed by atoms with Gasteiger partial charge in [0.2, 0.25) is 11.8 Å². The molecule has 1 aromatic heterocycles. The Kier molecular flexibility index (Phi) is 4.36. The predicted octanol–water partition coefficient (Wildman–Crippen LogP) is 1.18. The third kappa shape index (κ3) is 5.03. The summed E-state index contributed by atoms with van der Waals surface area (Å²) in [7, 11) is -2.38. The van der Waals surface area contributed by atoms with Crippen LogP contribution in [0.15, 0.2) is 6.07 Å². The number of nitrogens with one attached hydrogen (secondary N) is 2. The van der Waals surface area contributed by atoms with Gasteiger partial charge < -0.3 is 4.74 Å². The summed E-state index contributed by atoms with van der Waals surface area (Å²) in [5.74, 6) is 0.0135. The van der Waals surface area contributed by atoms with Crippen LogP contribution in [0, 0.1) is 0 Å². The molecule has 0 atom stereocenters. The molecular weight excluding hydrogens is 280 g/mol. The number of ether oxygens (including phenoxy) is 1. The zero-order valence-corrected chi connectivity index (χ0v) is 12.1. The van der Waals surface area contributed by atoms with Crippen molar-refractivity contribution in [2.24, 2.45) is 0 Å². The lowest BCUT2D eigenvalue weighted by molar-refractivity contribution is 0.397. The van der Waals surface area contributed by atoms with Gasteiger partial charge in [-0.05, 0) is 20.8 Å². The minimum absolute atomic E-state index is 0.0790. The number of hydrogen-bond acceptors (Lipinski definition) is 5. The number of methoxy groups -OCH3 is 1. The first kappa shape index (κ1) is 14.9. The third-order valence-corrected chi connectivity index (χ3v) is 3.07. The van der Waals surface area contributed by atoms with Crippen LogP contribution in [0.25, 0.3) is 0 Å². The molecule has 18 heavy (non-hydrogen) atoms. The number of halogens is 1. The van der Waals surface area contributed by atoms with Gasteiger partial charge >= 0.3 is 10.2 Å². The number of nitrogens with zero attached hydrogens (tertiary/aromatic N) is 2.